The van der Waals surface area contributed by atoms with Gasteiger partial charge in [0.25, 0.3) is 5.91 Å². The number of amidine groups is 2. The standard InChI is InChI=1S/C25H28N6O3.2C2HF3O2/c1-2-34-22(32)12-30-25(33)21-15-31(13-16-6-8-18(9-7-16)23(26)27)14-20(21)11-17-4-3-5-19(10-17)24(28)29;2*3-2(4,5)1(6)7/h3-10,14-15H,2,11-13H2,1H3,(H3,26,27)(H3,28,29)(H,30,33);2*(H,6,7). The van der Waals surface area contributed by atoms with Crippen molar-refractivity contribution in [2.24, 2.45) is 11.5 Å². The normalized spacial score (nSPS) is 10.7. The number of carboxylic acids is 2. The van der Waals surface area contributed by atoms with E-state index in [2.05, 4.69) is 5.32 Å². The first kappa shape index (κ1) is 40.1. The van der Waals surface area contributed by atoms with Crippen LogP contribution >= 0.6 is 0 Å². The second-order valence-electron chi connectivity index (χ2n) is 9.36. The molecule has 0 fully saturated rings. The summed E-state index contributed by atoms with van der Waals surface area (Å²) in [5, 5.41) is 32.1. The van der Waals surface area contributed by atoms with E-state index in [-0.39, 0.29) is 30.7 Å². The van der Waals surface area contributed by atoms with Crippen molar-refractivity contribution in [2.75, 3.05) is 13.2 Å². The lowest BCUT2D eigenvalue weighted by atomic mass is 10.0. The molecule has 0 saturated carbocycles. The number of ether oxygens (including phenoxy) is 1. The zero-order valence-electron chi connectivity index (χ0n) is 24.9. The predicted molar refractivity (Wildman–Crippen MR) is 158 cm³/mol. The minimum atomic E-state index is -5.08. The van der Waals surface area contributed by atoms with Crippen LogP contribution in [0.1, 0.15) is 45.1 Å². The van der Waals surface area contributed by atoms with Gasteiger partial charge in [0.1, 0.15) is 18.2 Å². The largest absolute Gasteiger partial charge is 0.490 e. The van der Waals surface area contributed by atoms with Crippen molar-refractivity contribution < 1.29 is 60.5 Å². The first-order valence-corrected chi connectivity index (χ1v) is 13.2. The molecule has 1 heterocycles. The molecule has 0 aliphatic carbocycles. The molecule has 48 heavy (non-hydrogen) atoms. The Hall–Kier alpha value is -5.88. The number of hydrogen-bond donors (Lipinski definition) is 7. The molecule has 3 rings (SSSR count). The van der Waals surface area contributed by atoms with Gasteiger partial charge in [-0.15, -0.1) is 0 Å². The molecule has 2 aromatic carbocycles. The molecule has 0 aliphatic heterocycles. The zero-order chi connectivity index (χ0) is 36.8. The Kier molecular flexibility index (Phi) is 14.8. The maximum Gasteiger partial charge on any atom is 0.490 e. The lowest BCUT2D eigenvalue weighted by Crippen LogP contribution is -2.31. The number of benzene rings is 2. The maximum atomic E-state index is 12.9. The van der Waals surface area contributed by atoms with E-state index in [0.717, 1.165) is 16.7 Å². The van der Waals surface area contributed by atoms with E-state index in [1.807, 2.05) is 41.1 Å². The Morgan fingerprint density at radius 1 is 0.833 bits per heavy atom. The topological polar surface area (TPSA) is 235 Å². The van der Waals surface area contributed by atoms with Gasteiger partial charge in [-0.2, -0.15) is 26.3 Å². The average molecular weight is 689 g/mol. The van der Waals surface area contributed by atoms with Crippen molar-refractivity contribution >= 4 is 35.5 Å². The highest BCUT2D eigenvalue weighted by Crippen LogP contribution is 2.19. The highest BCUT2D eigenvalue weighted by atomic mass is 19.4. The second kappa shape index (κ2) is 17.7. The number of carboxylic acid groups (broad SMARTS) is 2. The van der Waals surface area contributed by atoms with Gasteiger partial charge in [-0.1, -0.05) is 42.5 Å². The Morgan fingerprint density at radius 3 is 1.81 bits per heavy atom. The molecule has 1 aromatic heterocycles. The molecule has 0 radical (unpaired) electrons. The third-order valence-electron chi connectivity index (χ3n) is 5.65. The third kappa shape index (κ3) is 14.0. The molecule has 19 heteroatoms. The number of esters is 1. The van der Waals surface area contributed by atoms with Gasteiger partial charge < -0.3 is 36.3 Å². The molecular weight excluding hydrogens is 658 g/mol. The third-order valence-corrected chi connectivity index (χ3v) is 5.65. The van der Waals surface area contributed by atoms with Crippen LogP contribution in [0.3, 0.4) is 0 Å². The summed E-state index contributed by atoms with van der Waals surface area (Å²) >= 11 is 0. The van der Waals surface area contributed by atoms with Gasteiger partial charge in [0.2, 0.25) is 0 Å². The van der Waals surface area contributed by atoms with Gasteiger partial charge in [-0.3, -0.25) is 20.4 Å². The number of rotatable bonds is 10. The lowest BCUT2D eigenvalue weighted by Gasteiger charge is -2.07. The number of nitrogens with one attached hydrogen (secondary N) is 3. The molecule has 3 aromatic rings. The molecule has 0 spiro atoms. The van der Waals surface area contributed by atoms with Gasteiger partial charge in [0.15, 0.2) is 0 Å². The van der Waals surface area contributed by atoms with Gasteiger partial charge in [-0.25, -0.2) is 9.59 Å². The van der Waals surface area contributed by atoms with E-state index in [4.69, 9.17) is 46.8 Å². The smallest absolute Gasteiger partial charge is 0.475 e. The fraction of sp³-hybridized carbons (Fsp3) is 0.241. The van der Waals surface area contributed by atoms with Crippen LogP contribution in [0.25, 0.3) is 0 Å². The van der Waals surface area contributed by atoms with Crippen molar-refractivity contribution in [3.8, 4) is 0 Å². The van der Waals surface area contributed by atoms with Gasteiger partial charge in [-0.05, 0) is 36.1 Å². The van der Waals surface area contributed by atoms with Gasteiger partial charge in [0, 0.05) is 30.1 Å². The van der Waals surface area contributed by atoms with Crippen molar-refractivity contribution in [2.45, 2.75) is 32.2 Å². The van der Waals surface area contributed by atoms with Gasteiger partial charge >= 0.3 is 30.3 Å². The zero-order valence-corrected chi connectivity index (χ0v) is 24.9. The number of aliphatic carboxylic acids is 2. The number of nitrogens with zero attached hydrogens (tertiary/aromatic N) is 1. The Morgan fingerprint density at radius 2 is 1.35 bits per heavy atom. The summed E-state index contributed by atoms with van der Waals surface area (Å²) in [5.74, 6) is -6.42. The first-order valence-electron chi connectivity index (χ1n) is 13.2. The molecular formula is C29H30F6N6O7. The van der Waals surface area contributed by atoms with Crippen LogP contribution in [0.15, 0.2) is 60.9 Å². The van der Waals surface area contributed by atoms with E-state index in [1.165, 1.54) is 0 Å². The van der Waals surface area contributed by atoms with Gasteiger partial charge in [0.05, 0.1) is 12.2 Å². The number of halogens is 6. The SMILES string of the molecule is CCOC(=O)CNC(=O)c1cn(Cc2ccc(C(=N)N)cc2)cc1Cc1cccc(C(=N)N)c1.O=C(O)C(F)(F)F.O=C(O)C(F)(F)F. The second-order valence-corrected chi connectivity index (χ2v) is 9.36. The Labute approximate surface area is 268 Å². The predicted octanol–water partition coefficient (Wildman–Crippen LogP) is 3.25. The lowest BCUT2D eigenvalue weighted by molar-refractivity contribution is -0.193. The highest BCUT2D eigenvalue weighted by Gasteiger charge is 2.38. The van der Waals surface area contributed by atoms with Crippen molar-refractivity contribution in [1.82, 2.24) is 9.88 Å². The number of nitrogen functional groups attached to an aromatic ring is 2. The fourth-order valence-electron chi connectivity index (χ4n) is 3.52. The average Bonchev–Trinajstić information content (AvgIpc) is 3.37. The van der Waals surface area contributed by atoms with Crippen LogP contribution in [-0.2, 0) is 32.1 Å². The molecule has 0 aliphatic rings. The molecule has 9 N–H and O–H groups in total. The van der Waals surface area contributed by atoms with Crippen LogP contribution in [0, 0.1) is 10.8 Å². The highest BCUT2D eigenvalue weighted by molar-refractivity contribution is 5.97. The number of nitrogens with two attached hydrogens (primary N) is 2. The van der Waals surface area contributed by atoms with Crippen molar-refractivity contribution in [1.29, 1.82) is 10.8 Å². The molecule has 0 saturated heterocycles. The summed E-state index contributed by atoms with van der Waals surface area (Å²) in [6.07, 6.45) is -6.10. The number of aromatic nitrogens is 1. The monoisotopic (exact) mass is 688 g/mol. The van der Waals surface area contributed by atoms with Crippen molar-refractivity contribution in [3.63, 3.8) is 0 Å². The summed E-state index contributed by atoms with van der Waals surface area (Å²) in [4.78, 5) is 42.4. The quantitative estimate of drug-likeness (QED) is 0.0716. The van der Waals surface area contributed by atoms with Crippen LogP contribution < -0.4 is 16.8 Å². The van der Waals surface area contributed by atoms with Crippen LogP contribution in [-0.4, -0.2) is 75.8 Å². The number of carbonyl (C=O) groups is 4. The molecule has 0 atom stereocenters. The van der Waals surface area contributed by atoms with E-state index < -0.39 is 30.3 Å². The fourth-order valence-corrected chi connectivity index (χ4v) is 3.52. The van der Waals surface area contributed by atoms with E-state index in [1.54, 1.807) is 31.3 Å². The van der Waals surface area contributed by atoms with E-state index in [0.29, 0.717) is 29.7 Å². The van der Waals surface area contributed by atoms with E-state index >= 15 is 0 Å². The number of hydrogen-bond acceptors (Lipinski definition) is 7. The summed E-state index contributed by atoms with van der Waals surface area (Å²) in [6, 6.07) is 14.6. The first-order chi connectivity index (χ1) is 22.1. The number of alkyl halides is 6. The minimum absolute atomic E-state index is 0.00292. The van der Waals surface area contributed by atoms with Crippen LogP contribution in [0.2, 0.25) is 0 Å². The van der Waals surface area contributed by atoms with Crippen LogP contribution in [0.4, 0.5) is 26.3 Å². The van der Waals surface area contributed by atoms with E-state index in [9.17, 15) is 35.9 Å². The molecule has 1 amide bonds. The minimum Gasteiger partial charge on any atom is -0.475 e. The summed E-state index contributed by atoms with van der Waals surface area (Å²) in [6.45, 7) is 2.23. The summed E-state index contributed by atoms with van der Waals surface area (Å²) in [5.41, 5.74) is 15.5. The molecule has 260 valence electrons. The number of amides is 1. The molecule has 13 nitrogen and oxygen atoms in total. The molecule has 0 bridgehead atoms. The number of carbonyl (C=O) groups excluding carboxylic acids is 2. The molecule has 0 unspecified atom stereocenters. The Bertz CT molecular complexity index is 1600. The summed E-state index contributed by atoms with van der Waals surface area (Å²) in [7, 11) is 0. The maximum absolute atomic E-state index is 12.9. The van der Waals surface area contributed by atoms with Crippen molar-refractivity contribution in [3.05, 3.63) is 94.3 Å². The van der Waals surface area contributed by atoms with Crippen LogP contribution in [0.5, 0.6) is 0 Å². The summed E-state index contributed by atoms with van der Waals surface area (Å²) < 4.78 is 70.3. The Balaban J connectivity index is 0.000000687.